The molecule has 1 saturated heterocycles. The number of sulfonamides is 1. The number of carbonyl (C=O) groups is 2. The second-order valence-electron chi connectivity index (χ2n) is 8.02. The van der Waals surface area contributed by atoms with E-state index in [1.54, 1.807) is 34.9 Å². The third kappa shape index (κ3) is 5.65. The quantitative estimate of drug-likeness (QED) is 0.738. The fourth-order valence-corrected chi connectivity index (χ4v) is 5.10. The van der Waals surface area contributed by atoms with E-state index in [1.807, 2.05) is 6.92 Å². The smallest absolute Gasteiger partial charge is 0.410 e. The van der Waals surface area contributed by atoms with E-state index in [2.05, 4.69) is 4.72 Å². The lowest BCUT2D eigenvalue weighted by Crippen LogP contribution is -2.51. The maximum atomic E-state index is 12.9. The van der Waals surface area contributed by atoms with Crippen molar-refractivity contribution in [2.45, 2.75) is 52.1 Å². The van der Waals surface area contributed by atoms with Gasteiger partial charge in [0, 0.05) is 31.7 Å². The first kappa shape index (κ1) is 22.4. The molecule has 3 rings (SSSR count). The van der Waals surface area contributed by atoms with Crippen LogP contribution in [0.5, 0.6) is 0 Å². The van der Waals surface area contributed by atoms with Gasteiger partial charge in [0.05, 0.1) is 11.4 Å². The van der Waals surface area contributed by atoms with Crippen LogP contribution in [0.15, 0.2) is 18.2 Å². The monoisotopic (exact) mass is 437 g/mol. The zero-order chi connectivity index (χ0) is 21.7. The first-order valence-electron chi connectivity index (χ1n) is 10.6. The number of piperazine rings is 1. The van der Waals surface area contributed by atoms with Gasteiger partial charge in [0.25, 0.3) is 5.91 Å². The van der Waals surface area contributed by atoms with Crippen molar-refractivity contribution in [1.82, 2.24) is 9.80 Å². The fraction of sp³-hybridized carbons (Fsp3) is 0.619. The van der Waals surface area contributed by atoms with Crippen LogP contribution in [-0.4, -0.2) is 68.3 Å². The number of anilines is 1. The molecule has 2 amide bonds. The van der Waals surface area contributed by atoms with Crippen LogP contribution in [0, 0.1) is 6.92 Å². The average Bonchev–Trinajstić information content (AvgIpc) is 3.22. The number of ether oxygens (including phenoxy) is 1. The number of amides is 2. The molecule has 1 N–H and O–H groups in total. The lowest BCUT2D eigenvalue weighted by atomic mass is 10.1. The zero-order valence-electron chi connectivity index (χ0n) is 17.7. The molecule has 0 unspecified atom stereocenters. The molecule has 1 aliphatic carbocycles. The first-order chi connectivity index (χ1) is 14.3. The van der Waals surface area contributed by atoms with Crippen molar-refractivity contribution >= 4 is 27.7 Å². The van der Waals surface area contributed by atoms with Crippen LogP contribution in [0.3, 0.4) is 0 Å². The molecule has 2 aliphatic rings. The maximum Gasteiger partial charge on any atom is 0.410 e. The van der Waals surface area contributed by atoms with Gasteiger partial charge in [-0.2, -0.15) is 0 Å². The number of nitrogens with zero attached hydrogens (tertiary/aromatic N) is 2. The van der Waals surface area contributed by atoms with Gasteiger partial charge in [-0.25, -0.2) is 13.2 Å². The summed E-state index contributed by atoms with van der Waals surface area (Å²) in [5, 5.41) is 0. The number of rotatable bonds is 6. The van der Waals surface area contributed by atoms with Crippen molar-refractivity contribution in [2.24, 2.45) is 0 Å². The molecule has 0 radical (unpaired) electrons. The van der Waals surface area contributed by atoms with Gasteiger partial charge in [-0.1, -0.05) is 6.92 Å². The Morgan fingerprint density at radius 1 is 1.10 bits per heavy atom. The molecular weight excluding hydrogens is 406 g/mol. The van der Waals surface area contributed by atoms with Crippen LogP contribution in [0.2, 0.25) is 0 Å². The summed E-state index contributed by atoms with van der Waals surface area (Å²) in [4.78, 5) is 28.5. The van der Waals surface area contributed by atoms with E-state index in [9.17, 15) is 18.0 Å². The molecule has 0 atom stereocenters. The van der Waals surface area contributed by atoms with E-state index < -0.39 is 10.0 Å². The summed E-state index contributed by atoms with van der Waals surface area (Å²) in [7, 11) is -3.38. The van der Waals surface area contributed by atoms with Crippen molar-refractivity contribution in [2.75, 3.05) is 36.7 Å². The summed E-state index contributed by atoms with van der Waals surface area (Å²) in [6, 6.07) is 4.97. The molecule has 2 fully saturated rings. The third-order valence-corrected chi connectivity index (χ3v) is 7.08. The van der Waals surface area contributed by atoms with E-state index in [-0.39, 0.29) is 23.9 Å². The van der Waals surface area contributed by atoms with Crippen molar-refractivity contribution < 1.29 is 22.7 Å². The second kappa shape index (κ2) is 9.68. The van der Waals surface area contributed by atoms with Crippen LogP contribution in [0.25, 0.3) is 0 Å². The van der Waals surface area contributed by atoms with Gasteiger partial charge in [-0.05, 0) is 62.8 Å². The Labute approximate surface area is 178 Å². The minimum atomic E-state index is -3.38. The lowest BCUT2D eigenvalue weighted by Gasteiger charge is -2.34. The molecule has 1 aromatic rings. The van der Waals surface area contributed by atoms with Gasteiger partial charge in [-0.15, -0.1) is 0 Å². The number of hydrogen-bond donors (Lipinski definition) is 1. The van der Waals surface area contributed by atoms with E-state index in [4.69, 9.17) is 4.74 Å². The Bertz CT molecular complexity index is 873. The van der Waals surface area contributed by atoms with E-state index >= 15 is 0 Å². The van der Waals surface area contributed by atoms with Gasteiger partial charge in [-0.3, -0.25) is 9.52 Å². The van der Waals surface area contributed by atoms with Crippen LogP contribution in [0.4, 0.5) is 10.5 Å². The third-order valence-electron chi connectivity index (χ3n) is 5.61. The first-order valence-corrected chi connectivity index (χ1v) is 12.3. The number of hydrogen-bond acceptors (Lipinski definition) is 5. The van der Waals surface area contributed by atoms with E-state index in [1.165, 1.54) is 0 Å². The molecule has 0 bridgehead atoms. The van der Waals surface area contributed by atoms with E-state index in [0.29, 0.717) is 49.4 Å². The predicted octanol–water partition coefficient (Wildman–Crippen LogP) is 2.98. The van der Waals surface area contributed by atoms with Crippen molar-refractivity contribution in [3.63, 3.8) is 0 Å². The van der Waals surface area contributed by atoms with E-state index in [0.717, 1.165) is 25.7 Å². The summed E-state index contributed by atoms with van der Waals surface area (Å²) >= 11 is 0. The van der Waals surface area contributed by atoms with Crippen LogP contribution in [-0.2, 0) is 14.8 Å². The minimum Gasteiger partial charge on any atom is -0.446 e. The van der Waals surface area contributed by atoms with Crippen LogP contribution >= 0.6 is 0 Å². The Morgan fingerprint density at radius 3 is 2.33 bits per heavy atom. The zero-order valence-corrected chi connectivity index (χ0v) is 18.5. The Morgan fingerprint density at radius 2 is 1.73 bits per heavy atom. The summed E-state index contributed by atoms with van der Waals surface area (Å²) < 4.78 is 32.1. The minimum absolute atomic E-state index is 0.0356. The Kier molecular flexibility index (Phi) is 7.23. The fourth-order valence-electron chi connectivity index (χ4n) is 3.90. The largest absolute Gasteiger partial charge is 0.446 e. The maximum absolute atomic E-state index is 12.9. The molecule has 30 heavy (non-hydrogen) atoms. The Hall–Kier alpha value is -2.29. The highest BCUT2D eigenvalue weighted by atomic mass is 32.2. The molecule has 9 heteroatoms. The molecule has 166 valence electrons. The number of carbonyl (C=O) groups excluding carboxylic acids is 2. The van der Waals surface area contributed by atoms with Gasteiger partial charge >= 0.3 is 6.09 Å². The standard InChI is InChI=1S/C21H31N3O5S/c1-3-14-30(27,28)22-19-9-8-17(15-16(19)2)20(25)23-10-12-24(13-11-23)21(26)29-18-6-4-5-7-18/h8-9,15,18,22H,3-7,10-14H2,1-2H3. The molecule has 1 aromatic carbocycles. The summed E-state index contributed by atoms with van der Waals surface area (Å²) in [5.41, 5.74) is 1.69. The van der Waals surface area contributed by atoms with Crippen molar-refractivity contribution in [1.29, 1.82) is 0 Å². The number of benzene rings is 1. The topological polar surface area (TPSA) is 96.0 Å². The molecule has 1 aliphatic heterocycles. The van der Waals surface area contributed by atoms with Gasteiger partial charge < -0.3 is 14.5 Å². The molecular formula is C21H31N3O5S. The Balaban J connectivity index is 1.55. The molecule has 1 saturated carbocycles. The molecule has 0 aromatic heterocycles. The summed E-state index contributed by atoms with van der Waals surface area (Å²) in [6.45, 7) is 5.38. The number of nitrogens with one attached hydrogen (secondary N) is 1. The summed E-state index contributed by atoms with van der Waals surface area (Å²) in [6.07, 6.45) is 4.38. The van der Waals surface area contributed by atoms with Gasteiger partial charge in [0.2, 0.25) is 10.0 Å². The SMILES string of the molecule is CCCS(=O)(=O)Nc1ccc(C(=O)N2CCN(C(=O)OC3CCCC3)CC2)cc1C. The molecule has 0 spiro atoms. The normalized spacial score (nSPS) is 17.8. The highest BCUT2D eigenvalue weighted by molar-refractivity contribution is 7.92. The molecule has 8 nitrogen and oxygen atoms in total. The predicted molar refractivity (Wildman–Crippen MR) is 115 cm³/mol. The number of aryl methyl sites for hydroxylation is 1. The molecule has 1 heterocycles. The average molecular weight is 438 g/mol. The highest BCUT2D eigenvalue weighted by Crippen LogP contribution is 2.23. The van der Waals surface area contributed by atoms with Crippen molar-refractivity contribution in [3.8, 4) is 0 Å². The van der Waals surface area contributed by atoms with Crippen LogP contribution in [0.1, 0.15) is 54.9 Å². The van der Waals surface area contributed by atoms with Gasteiger partial charge in [0.1, 0.15) is 6.10 Å². The second-order valence-corrected chi connectivity index (χ2v) is 9.86. The van der Waals surface area contributed by atoms with Crippen molar-refractivity contribution in [3.05, 3.63) is 29.3 Å². The van der Waals surface area contributed by atoms with Crippen LogP contribution < -0.4 is 4.72 Å². The lowest BCUT2D eigenvalue weighted by molar-refractivity contribution is 0.0422. The summed E-state index contributed by atoms with van der Waals surface area (Å²) in [5.74, 6) is -0.0644. The highest BCUT2D eigenvalue weighted by Gasteiger charge is 2.28. The van der Waals surface area contributed by atoms with Gasteiger partial charge in [0.15, 0.2) is 0 Å².